The van der Waals surface area contributed by atoms with E-state index >= 15 is 0 Å². The maximum absolute atomic E-state index is 12.0. The van der Waals surface area contributed by atoms with E-state index in [2.05, 4.69) is 15.6 Å². The lowest BCUT2D eigenvalue weighted by Gasteiger charge is -2.09. The molecule has 7 heteroatoms. The van der Waals surface area contributed by atoms with Crippen LogP contribution >= 0.6 is 11.3 Å². The Labute approximate surface area is 155 Å². The van der Waals surface area contributed by atoms with Crippen molar-refractivity contribution in [2.75, 3.05) is 11.9 Å². The average molecular weight is 368 g/mol. The van der Waals surface area contributed by atoms with Crippen LogP contribution in [0.5, 0.6) is 0 Å². The van der Waals surface area contributed by atoms with Gasteiger partial charge in [-0.3, -0.25) is 9.59 Å². The Bertz CT molecular complexity index is 941. The number of carbonyl (C=O) groups is 2. The van der Waals surface area contributed by atoms with Crippen LogP contribution in [-0.4, -0.2) is 27.9 Å². The Balaban J connectivity index is 1.56. The molecule has 134 valence electrons. The first-order valence-corrected chi connectivity index (χ1v) is 9.01. The number of benzene rings is 1. The summed E-state index contributed by atoms with van der Waals surface area (Å²) in [4.78, 5) is 29.9. The van der Waals surface area contributed by atoms with Gasteiger partial charge < -0.3 is 15.2 Å². The summed E-state index contributed by atoms with van der Waals surface area (Å²) >= 11 is 1.40. The van der Waals surface area contributed by atoms with Crippen molar-refractivity contribution in [1.29, 1.82) is 0 Å². The molecular formula is C19H20N4O2S. The maximum Gasteiger partial charge on any atom is 0.261 e. The highest BCUT2D eigenvalue weighted by molar-refractivity contribution is 7.13. The lowest BCUT2D eigenvalue weighted by molar-refractivity contribution is -0.115. The van der Waals surface area contributed by atoms with Crippen molar-refractivity contribution < 1.29 is 9.59 Å². The fourth-order valence-electron chi connectivity index (χ4n) is 2.47. The lowest BCUT2D eigenvalue weighted by Crippen LogP contribution is -2.32. The van der Waals surface area contributed by atoms with Gasteiger partial charge in [0.1, 0.15) is 0 Å². The van der Waals surface area contributed by atoms with E-state index < -0.39 is 0 Å². The summed E-state index contributed by atoms with van der Waals surface area (Å²) in [6.07, 6.45) is 1.78. The monoisotopic (exact) mass is 368 g/mol. The number of nitrogens with zero attached hydrogens (tertiary/aromatic N) is 2. The summed E-state index contributed by atoms with van der Waals surface area (Å²) in [6, 6.07) is 11.1. The molecule has 6 nitrogen and oxygen atoms in total. The van der Waals surface area contributed by atoms with Gasteiger partial charge in [-0.05, 0) is 57.2 Å². The van der Waals surface area contributed by atoms with E-state index in [9.17, 15) is 9.59 Å². The van der Waals surface area contributed by atoms with Crippen molar-refractivity contribution in [2.24, 2.45) is 0 Å². The molecule has 0 radical (unpaired) electrons. The highest BCUT2D eigenvalue weighted by Gasteiger charge is 2.10. The number of hydrogen-bond donors (Lipinski definition) is 2. The van der Waals surface area contributed by atoms with Crippen LogP contribution in [0.3, 0.4) is 0 Å². The largest absolute Gasteiger partial charge is 0.342 e. The van der Waals surface area contributed by atoms with E-state index in [0.29, 0.717) is 10.6 Å². The molecule has 2 heterocycles. The average Bonchev–Trinajstić information content (AvgIpc) is 3.20. The van der Waals surface area contributed by atoms with Crippen LogP contribution < -0.4 is 10.6 Å². The third kappa shape index (κ3) is 4.00. The van der Waals surface area contributed by atoms with Crippen LogP contribution in [-0.2, 0) is 4.79 Å². The first kappa shape index (κ1) is 17.9. The van der Waals surface area contributed by atoms with Crippen molar-refractivity contribution in [3.05, 3.63) is 63.9 Å². The zero-order valence-electron chi connectivity index (χ0n) is 14.9. The number of rotatable bonds is 5. The van der Waals surface area contributed by atoms with Crippen molar-refractivity contribution >= 4 is 28.8 Å². The molecule has 0 atom stereocenters. The summed E-state index contributed by atoms with van der Waals surface area (Å²) in [5, 5.41) is 5.40. The van der Waals surface area contributed by atoms with E-state index in [1.54, 1.807) is 12.4 Å². The van der Waals surface area contributed by atoms with Gasteiger partial charge in [-0.15, -0.1) is 11.3 Å². The number of hydrogen-bond acceptors (Lipinski definition) is 4. The smallest absolute Gasteiger partial charge is 0.261 e. The van der Waals surface area contributed by atoms with Crippen molar-refractivity contribution in [3.63, 3.8) is 0 Å². The molecule has 2 amide bonds. The zero-order valence-corrected chi connectivity index (χ0v) is 15.7. The number of aromatic nitrogens is 2. The van der Waals surface area contributed by atoms with Gasteiger partial charge in [0.2, 0.25) is 5.91 Å². The number of carbonyl (C=O) groups excluding carboxylic acids is 2. The molecule has 0 fully saturated rings. The molecule has 0 spiro atoms. The Kier molecular flexibility index (Phi) is 5.18. The van der Waals surface area contributed by atoms with E-state index in [-0.39, 0.29) is 18.4 Å². The molecule has 1 aromatic carbocycles. The summed E-state index contributed by atoms with van der Waals surface area (Å²) in [6.45, 7) is 5.84. The number of anilines is 1. The maximum atomic E-state index is 12.0. The minimum absolute atomic E-state index is 0.0721. The predicted molar refractivity (Wildman–Crippen MR) is 103 cm³/mol. The van der Waals surface area contributed by atoms with Gasteiger partial charge in [0.25, 0.3) is 5.91 Å². The van der Waals surface area contributed by atoms with E-state index in [1.165, 1.54) is 11.3 Å². The van der Waals surface area contributed by atoms with E-state index in [4.69, 9.17) is 0 Å². The SMILES string of the molecule is Cc1ccc(C(=O)NCC(=O)Nc2ccc(-n3cnc(C)c3C)cc2)s1. The molecule has 3 aromatic rings. The molecule has 2 N–H and O–H groups in total. The highest BCUT2D eigenvalue weighted by atomic mass is 32.1. The second-order valence-electron chi connectivity index (χ2n) is 5.97. The van der Waals surface area contributed by atoms with Crippen molar-refractivity contribution in [3.8, 4) is 5.69 Å². The second-order valence-corrected chi connectivity index (χ2v) is 7.26. The molecule has 2 aromatic heterocycles. The Hall–Kier alpha value is -2.93. The van der Waals surface area contributed by atoms with Gasteiger partial charge in [0.05, 0.1) is 23.4 Å². The van der Waals surface area contributed by atoms with Gasteiger partial charge in [0, 0.05) is 21.9 Å². The van der Waals surface area contributed by atoms with Crippen LogP contribution in [0, 0.1) is 20.8 Å². The van der Waals surface area contributed by atoms with Crippen molar-refractivity contribution in [1.82, 2.24) is 14.9 Å². The first-order valence-electron chi connectivity index (χ1n) is 8.19. The molecule has 3 rings (SSSR count). The lowest BCUT2D eigenvalue weighted by atomic mass is 10.2. The molecule has 0 bridgehead atoms. The predicted octanol–water partition coefficient (Wildman–Crippen LogP) is 3.23. The molecule has 0 saturated heterocycles. The van der Waals surface area contributed by atoms with Crippen LogP contribution in [0.2, 0.25) is 0 Å². The normalized spacial score (nSPS) is 10.6. The highest BCUT2D eigenvalue weighted by Crippen LogP contribution is 2.17. The third-order valence-electron chi connectivity index (χ3n) is 4.05. The van der Waals surface area contributed by atoms with Gasteiger partial charge in [0.15, 0.2) is 0 Å². The standard InChI is InChI=1S/C19H20N4O2S/c1-12-4-9-17(26-12)19(25)20-10-18(24)22-15-5-7-16(8-6-15)23-11-21-13(2)14(23)3/h4-9,11H,10H2,1-3H3,(H,20,25)(H,22,24). The van der Waals surface area contributed by atoms with E-state index in [1.807, 2.05) is 55.7 Å². The Morgan fingerprint density at radius 2 is 1.81 bits per heavy atom. The fourth-order valence-corrected chi connectivity index (χ4v) is 3.26. The number of aryl methyl sites for hydroxylation is 2. The molecule has 0 aliphatic heterocycles. The summed E-state index contributed by atoms with van der Waals surface area (Å²) in [5.41, 5.74) is 3.71. The molecule has 0 aliphatic carbocycles. The summed E-state index contributed by atoms with van der Waals surface area (Å²) in [5.74, 6) is -0.506. The molecule has 0 unspecified atom stereocenters. The van der Waals surface area contributed by atoms with E-state index in [0.717, 1.165) is 22.0 Å². The van der Waals surface area contributed by atoms with Crippen LogP contribution in [0.25, 0.3) is 5.69 Å². The number of thiophene rings is 1. The fraction of sp³-hybridized carbons (Fsp3) is 0.211. The Morgan fingerprint density at radius 3 is 2.38 bits per heavy atom. The van der Waals surface area contributed by atoms with Crippen LogP contribution in [0.1, 0.15) is 25.9 Å². The molecule has 26 heavy (non-hydrogen) atoms. The zero-order chi connectivity index (χ0) is 18.7. The van der Waals surface area contributed by atoms with Gasteiger partial charge in [-0.25, -0.2) is 4.98 Å². The summed E-state index contributed by atoms with van der Waals surface area (Å²) < 4.78 is 1.99. The van der Waals surface area contributed by atoms with Crippen molar-refractivity contribution in [2.45, 2.75) is 20.8 Å². The van der Waals surface area contributed by atoms with Gasteiger partial charge in [-0.1, -0.05) is 0 Å². The van der Waals surface area contributed by atoms with Gasteiger partial charge >= 0.3 is 0 Å². The summed E-state index contributed by atoms with van der Waals surface area (Å²) in [7, 11) is 0. The van der Waals surface area contributed by atoms with Crippen LogP contribution in [0.15, 0.2) is 42.7 Å². The molecule has 0 aliphatic rings. The molecule has 0 saturated carbocycles. The van der Waals surface area contributed by atoms with Gasteiger partial charge in [-0.2, -0.15) is 0 Å². The number of amides is 2. The molecular weight excluding hydrogens is 348 g/mol. The topological polar surface area (TPSA) is 76.0 Å². The Morgan fingerprint density at radius 1 is 1.08 bits per heavy atom. The second kappa shape index (κ2) is 7.53. The van der Waals surface area contributed by atoms with Crippen LogP contribution in [0.4, 0.5) is 5.69 Å². The first-order chi connectivity index (χ1) is 12.4. The number of imidazole rings is 1. The minimum Gasteiger partial charge on any atom is -0.342 e. The number of nitrogens with one attached hydrogen (secondary N) is 2. The minimum atomic E-state index is -0.269. The third-order valence-corrected chi connectivity index (χ3v) is 5.05. The quantitative estimate of drug-likeness (QED) is 0.726.